The van der Waals surface area contributed by atoms with Crippen LogP contribution in [0.15, 0.2) is 30.4 Å². The Morgan fingerprint density at radius 1 is 0.939 bits per heavy atom. The summed E-state index contributed by atoms with van der Waals surface area (Å²) in [5.74, 6) is -1.52. The average Bonchev–Trinajstić information content (AvgIpc) is 2.78. The largest absolute Gasteiger partial charge is 0.478 e. The molecule has 0 aliphatic heterocycles. The van der Waals surface area contributed by atoms with Crippen LogP contribution in [-0.2, 0) is 11.2 Å². The summed E-state index contributed by atoms with van der Waals surface area (Å²) >= 11 is 0. The van der Waals surface area contributed by atoms with E-state index in [0.29, 0.717) is 6.54 Å². The highest BCUT2D eigenvalue weighted by molar-refractivity contribution is 5.89. The zero-order chi connectivity index (χ0) is 24.3. The molecule has 33 heavy (non-hydrogen) atoms. The normalized spacial score (nSPS) is 11.1. The molecule has 0 aliphatic rings. The molecule has 0 saturated carbocycles. The number of rotatable bonds is 19. The Labute approximate surface area is 197 Å². The number of carboxylic acid groups (broad SMARTS) is 1. The van der Waals surface area contributed by atoms with E-state index in [0.717, 1.165) is 31.7 Å². The van der Waals surface area contributed by atoms with E-state index in [9.17, 15) is 19.7 Å². The third kappa shape index (κ3) is 13.4. The average molecular weight is 461 g/mol. The van der Waals surface area contributed by atoms with Gasteiger partial charge in [0.2, 0.25) is 5.91 Å². The Bertz CT molecular complexity index is 761. The first-order chi connectivity index (χ1) is 16.0. The van der Waals surface area contributed by atoms with Crippen molar-refractivity contribution in [2.24, 2.45) is 0 Å². The minimum atomic E-state index is -1.18. The van der Waals surface area contributed by atoms with Crippen molar-refractivity contribution in [1.82, 2.24) is 5.32 Å². The molecule has 0 aliphatic carbocycles. The molecule has 7 nitrogen and oxygen atoms in total. The van der Waals surface area contributed by atoms with Crippen molar-refractivity contribution in [3.8, 4) is 0 Å². The molecule has 7 heteroatoms. The van der Waals surface area contributed by atoms with Crippen LogP contribution in [0.5, 0.6) is 0 Å². The van der Waals surface area contributed by atoms with Gasteiger partial charge < -0.3 is 10.4 Å². The van der Waals surface area contributed by atoms with Gasteiger partial charge in [-0.25, -0.2) is 4.79 Å². The smallest absolute Gasteiger partial charge is 0.335 e. The van der Waals surface area contributed by atoms with Crippen LogP contribution in [-0.4, -0.2) is 28.5 Å². The van der Waals surface area contributed by atoms with E-state index in [1.807, 2.05) is 0 Å². The fraction of sp³-hybridized carbons (Fsp3) is 0.615. The molecule has 0 bridgehead atoms. The monoisotopic (exact) mass is 460 g/mol. The first-order valence-electron chi connectivity index (χ1n) is 12.4. The van der Waals surface area contributed by atoms with Gasteiger partial charge in [0.25, 0.3) is 5.69 Å². The van der Waals surface area contributed by atoms with Crippen molar-refractivity contribution < 1.29 is 19.6 Å². The molecule has 184 valence electrons. The van der Waals surface area contributed by atoms with Crippen molar-refractivity contribution in [2.75, 3.05) is 6.54 Å². The Balaban J connectivity index is 2.10. The molecule has 0 heterocycles. The quantitative estimate of drug-likeness (QED) is 0.105. The zero-order valence-corrected chi connectivity index (χ0v) is 20.0. The Morgan fingerprint density at radius 3 is 2.09 bits per heavy atom. The van der Waals surface area contributed by atoms with E-state index in [1.165, 1.54) is 69.9 Å². The molecule has 2 N–H and O–H groups in total. The summed E-state index contributed by atoms with van der Waals surface area (Å²) in [6, 6.07) is 3.51. The number of hydrogen-bond donors (Lipinski definition) is 2. The predicted molar refractivity (Wildman–Crippen MR) is 132 cm³/mol. The lowest BCUT2D eigenvalue weighted by Crippen LogP contribution is -2.26. The summed E-state index contributed by atoms with van der Waals surface area (Å²) in [6.45, 7) is 2.76. The summed E-state index contributed by atoms with van der Waals surface area (Å²) in [4.78, 5) is 33.7. The number of hydrogen-bond acceptors (Lipinski definition) is 4. The van der Waals surface area contributed by atoms with Crippen molar-refractivity contribution in [3.05, 3.63) is 51.6 Å². The first kappa shape index (κ1) is 28.3. The topological polar surface area (TPSA) is 110 Å². The number of nitro groups is 1. The van der Waals surface area contributed by atoms with E-state index >= 15 is 0 Å². The van der Waals surface area contributed by atoms with Gasteiger partial charge in [-0.1, -0.05) is 70.4 Å². The van der Waals surface area contributed by atoms with Gasteiger partial charge in [0.1, 0.15) is 0 Å². The van der Waals surface area contributed by atoms with Gasteiger partial charge in [0.05, 0.1) is 16.9 Å². The summed E-state index contributed by atoms with van der Waals surface area (Å²) in [6.07, 6.45) is 20.1. The van der Waals surface area contributed by atoms with Crippen LogP contribution in [0.2, 0.25) is 0 Å². The molecule has 1 amide bonds. The fourth-order valence-electron chi connectivity index (χ4n) is 3.70. The van der Waals surface area contributed by atoms with Crippen LogP contribution < -0.4 is 5.32 Å². The second-order valence-electron chi connectivity index (χ2n) is 8.52. The van der Waals surface area contributed by atoms with Crippen molar-refractivity contribution >= 4 is 17.6 Å². The summed E-state index contributed by atoms with van der Waals surface area (Å²) in [5.41, 5.74) is -0.196. The second-order valence-corrected chi connectivity index (χ2v) is 8.52. The molecule has 0 unspecified atom stereocenters. The lowest BCUT2D eigenvalue weighted by Gasteiger charge is -2.07. The maximum absolute atomic E-state index is 12.1. The molecule has 0 radical (unpaired) electrons. The Kier molecular flexibility index (Phi) is 15.3. The number of aromatic carboxylic acids is 1. The van der Waals surface area contributed by atoms with Crippen molar-refractivity contribution in [2.45, 2.75) is 96.8 Å². The van der Waals surface area contributed by atoms with Gasteiger partial charge in [0, 0.05) is 18.2 Å². The van der Waals surface area contributed by atoms with Gasteiger partial charge in [-0.05, 0) is 44.2 Å². The number of unbranched alkanes of at least 4 members (excludes halogenated alkanes) is 11. The van der Waals surface area contributed by atoms with Gasteiger partial charge in [-0.2, -0.15) is 0 Å². The number of nitrogens with zero attached hydrogens (tertiary/aromatic N) is 1. The molecule has 0 fully saturated rings. The molecular weight excluding hydrogens is 420 g/mol. The lowest BCUT2D eigenvalue weighted by atomic mass is 10.1. The number of benzene rings is 1. The number of carbonyl (C=O) groups excluding carboxylic acids is 1. The van der Waals surface area contributed by atoms with E-state index in [2.05, 4.69) is 24.4 Å². The molecule has 1 aromatic carbocycles. The maximum Gasteiger partial charge on any atom is 0.335 e. The van der Waals surface area contributed by atoms with Crippen LogP contribution in [0.3, 0.4) is 0 Å². The molecular formula is C26H40N2O5. The van der Waals surface area contributed by atoms with Crippen LogP contribution in [0.25, 0.3) is 0 Å². The Hall–Kier alpha value is -2.70. The molecule has 1 aromatic rings. The number of allylic oxidation sites excluding steroid dienone is 2. The van der Waals surface area contributed by atoms with Crippen LogP contribution >= 0.6 is 0 Å². The Morgan fingerprint density at radius 2 is 1.52 bits per heavy atom. The van der Waals surface area contributed by atoms with Crippen LogP contribution in [0.4, 0.5) is 5.69 Å². The second kappa shape index (κ2) is 17.8. The number of amides is 1. The highest BCUT2D eigenvalue weighted by Gasteiger charge is 2.18. The van der Waals surface area contributed by atoms with Crippen molar-refractivity contribution in [1.29, 1.82) is 0 Å². The minimum Gasteiger partial charge on any atom is -0.478 e. The maximum atomic E-state index is 12.1. The highest BCUT2D eigenvalue weighted by Crippen LogP contribution is 2.21. The molecule has 0 saturated heterocycles. The predicted octanol–water partition coefficient (Wildman–Crippen LogP) is 6.60. The summed E-state index contributed by atoms with van der Waals surface area (Å²) in [7, 11) is 0. The van der Waals surface area contributed by atoms with Crippen LogP contribution in [0.1, 0.15) is 106 Å². The molecule has 1 rings (SSSR count). The fourth-order valence-corrected chi connectivity index (χ4v) is 3.70. The van der Waals surface area contributed by atoms with Gasteiger partial charge in [-0.3, -0.25) is 14.9 Å². The molecule has 0 spiro atoms. The highest BCUT2D eigenvalue weighted by atomic mass is 16.6. The van der Waals surface area contributed by atoms with Gasteiger partial charge in [-0.15, -0.1) is 0 Å². The third-order valence-electron chi connectivity index (χ3n) is 5.63. The molecule has 0 atom stereocenters. The summed E-state index contributed by atoms with van der Waals surface area (Å²) < 4.78 is 0. The summed E-state index contributed by atoms with van der Waals surface area (Å²) in [5, 5.41) is 23.0. The van der Waals surface area contributed by atoms with Crippen LogP contribution in [0, 0.1) is 10.1 Å². The van der Waals surface area contributed by atoms with E-state index in [1.54, 1.807) is 0 Å². The van der Waals surface area contributed by atoms with E-state index in [-0.39, 0.29) is 29.1 Å². The van der Waals surface area contributed by atoms with Crippen molar-refractivity contribution in [3.63, 3.8) is 0 Å². The number of nitro benzene ring substituents is 1. The van der Waals surface area contributed by atoms with E-state index in [4.69, 9.17) is 5.11 Å². The first-order valence-corrected chi connectivity index (χ1v) is 12.4. The minimum absolute atomic E-state index is 0.0688. The zero-order valence-electron chi connectivity index (χ0n) is 20.0. The number of carbonyl (C=O) groups is 2. The lowest BCUT2D eigenvalue weighted by molar-refractivity contribution is -0.385. The van der Waals surface area contributed by atoms with E-state index < -0.39 is 10.9 Å². The standard InChI is InChI=1S/C26H40N2O5/c1-2-3-4-5-6-7-8-9-10-11-12-13-14-15-16-19-27-25(29)21-23-20-22(26(30)31)17-18-24(23)28(32)33/h9-10,17-18,20H,2-8,11-16,19,21H2,1H3,(H,27,29)(H,30,31). The van der Waals surface area contributed by atoms with Gasteiger partial charge in [0.15, 0.2) is 0 Å². The number of nitrogens with one attached hydrogen (secondary N) is 1. The molecule has 0 aromatic heterocycles. The third-order valence-corrected chi connectivity index (χ3v) is 5.63. The van der Waals surface area contributed by atoms with Gasteiger partial charge >= 0.3 is 5.97 Å². The SMILES string of the molecule is CCCCCCCCC=CCCCCCCCNC(=O)Cc1cc(C(=O)O)ccc1[N+](=O)[O-]. The number of carboxylic acids is 1.